The third kappa shape index (κ3) is 4.68. The van der Waals surface area contributed by atoms with Gasteiger partial charge in [0.1, 0.15) is 0 Å². The maximum absolute atomic E-state index is 5.47. The van der Waals surface area contributed by atoms with Crippen molar-refractivity contribution in [3.05, 3.63) is 47.8 Å². The summed E-state index contributed by atoms with van der Waals surface area (Å²) in [6.07, 6.45) is 1.02. The molecule has 0 amide bonds. The number of nitrogens with zero attached hydrogens (tertiary/aromatic N) is 4. The van der Waals surface area contributed by atoms with Gasteiger partial charge >= 0.3 is 0 Å². The molecule has 0 saturated carbocycles. The fourth-order valence-electron chi connectivity index (χ4n) is 4.93. The second-order valence-corrected chi connectivity index (χ2v) is 9.04. The van der Waals surface area contributed by atoms with Gasteiger partial charge in [-0.2, -0.15) is 0 Å². The van der Waals surface area contributed by atoms with E-state index in [-0.39, 0.29) is 0 Å². The number of aromatic amines is 1. The molecule has 0 spiro atoms. The van der Waals surface area contributed by atoms with Crippen LogP contribution in [0.3, 0.4) is 0 Å². The van der Waals surface area contributed by atoms with Crippen LogP contribution in [-0.2, 0) is 11.2 Å². The number of piperazine rings is 1. The summed E-state index contributed by atoms with van der Waals surface area (Å²) in [4.78, 5) is 16.1. The lowest BCUT2D eigenvalue weighted by molar-refractivity contribution is 0.0383. The maximum Gasteiger partial charge on any atom is 0.0799 e. The number of hydrogen-bond donors (Lipinski definition) is 1. The van der Waals surface area contributed by atoms with Gasteiger partial charge in [0.15, 0.2) is 0 Å². The van der Waals surface area contributed by atoms with Gasteiger partial charge in [-0.25, -0.2) is 0 Å². The van der Waals surface area contributed by atoms with Crippen molar-refractivity contribution >= 4 is 16.6 Å². The average Bonchev–Trinajstić information content (AvgIpc) is 3.26. The van der Waals surface area contributed by atoms with Crippen LogP contribution >= 0.6 is 0 Å². The number of benzene rings is 1. The first-order valence-corrected chi connectivity index (χ1v) is 12.1. The molecule has 2 aliphatic rings. The zero-order valence-electron chi connectivity index (χ0n) is 19.4. The predicted octanol–water partition coefficient (Wildman–Crippen LogP) is 3.55. The SMILES string of the molecule is CCN1CCN(c2ccc(-c3nc(C)cc4[nH]c(CCN5CCOCC5)cc34)cc2)CC1. The predicted molar refractivity (Wildman–Crippen MR) is 132 cm³/mol. The highest BCUT2D eigenvalue weighted by Gasteiger charge is 2.17. The van der Waals surface area contributed by atoms with E-state index in [0.717, 1.165) is 83.4 Å². The second kappa shape index (κ2) is 9.61. The highest BCUT2D eigenvalue weighted by molar-refractivity contribution is 5.94. The Morgan fingerprint density at radius 1 is 0.938 bits per heavy atom. The Kier molecular flexibility index (Phi) is 6.44. The molecule has 6 nitrogen and oxygen atoms in total. The van der Waals surface area contributed by atoms with E-state index in [0.29, 0.717) is 0 Å². The molecule has 1 aromatic carbocycles. The topological polar surface area (TPSA) is 47.6 Å². The lowest BCUT2D eigenvalue weighted by Gasteiger charge is -2.35. The summed E-state index contributed by atoms with van der Waals surface area (Å²) in [6.45, 7) is 14.8. The standard InChI is InChI=1S/C26H35N5O/c1-3-29-10-12-31(13-11-29)23-6-4-21(5-7-23)26-24-19-22(28-25(24)18-20(2)27-26)8-9-30-14-16-32-17-15-30/h4-7,18-19,28H,3,8-17H2,1-2H3. The van der Waals surface area contributed by atoms with Crippen LogP contribution in [0.5, 0.6) is 0 Å². The fourth-order valence-corrected chi connectivity index (χ4v) is 4.93. The summed E-state index contributed by atoms with van der Waals surface area (Å²) < 4.78 is 5.47. The molecular weight excluding hydrogens is 398 g/mol. The van der Waals surface area contributed by atoms with Crippen molar-refractivity contribution in [1.29, 1.82) is 0 Å². The summed E-state index contributed by atoms with van der Waals surface area (Å²) >= 11 is 0. The first-order valence-electron chi connectivity index (χ1n) is 12.1. The maximum atomic E-state index is 5.47. The number of H-pyrrole nitrogens is 1. The number of aromatic nitrogens is 2. The van der Waals surface area contributed by atoms with Crippen molar-refractivity contribution < 1.29 is 4.74 Å². The summed E-state index contributed by atoms with van der Waals surface area (Å²) in [7, 11) is 0. The van der Waals surface area contributed by atoms with Gasteiger partial charge in [-0.1, -0.05) is 19.1 Å². The average molecular weight is 434 g/mol. The zero-order chi connectivity index (χ0) is 21.9. The van der Waals surface area contributed by atoms with Gasteiger partial charge in [0.2, 0.25) is 0 Å². The van der Waals surface area contributed by atoms with Crippen LogP contribution in [0.2, 0.25) is 0 Å². The highest BCUT2D eigenvalue weighted by Crippen LogP contribution is 2.30. The van der Waals surface area contributed by atoms with Crippen molar-refractivity contribution in [3.8, 4) is 11.3 Å². The lowest BCUT2D eigenvalue weighted by atomic mass is 10.1. The van der Waals surface area contributed by atoms with Gasteiger partial charge in [0, 0.05) is 85.8 Å². The van der Waals surface area contributed by atoms with Gasteiger partial charge in [0.25, 0.3) is 0 Å². The number of morpholine rings is 1. The number of pyridine rings is 1. The number of likely N-dealkylation sites (N-methyl/N-ethyl adjacent to an activating group) is 1. The molecule has 2 fully saturated rings. The highest BCUT2D eigenvalue weighted by atomic mass is 16.5. The number of anilines is 1. The third-order valence-electron chi connectivity index (χ3n) is 6.93. The largest absolute Gasteiger partial charge is 0.379 e. The van der Waals surface area contributed by atoms with E-state index in [9.17, 15) is 0 Å². The Balaban J connectivity index is 1.34. The monoisotopic (exact) mass is 433 g/mol. The molecule has 4 heterocycles. The molecule has 6 heteroatoms. The van der Waals surface area contributed by atoms with Crippen LogP contribution in [0.15, 0.2) is 36.4 Å². The van der Waals surface area contributed by atoms with Crippen LogP contribution in [0, 0.1) is 6.92 Å². The number of aryl methyl sites for hydroxylation is 1. The van der Waals surface area contributed by atoms with E-state index in [1.807, 2.05) is 0 Å². The van der Waals surface area contributed by atoms with E-state index in [4.69, 9.17) is 9.72 Å². The smallest absolute Gasteiger partial charge is 0.0799 e. The van der Waals surface area contributed by atoms with E-state index in [1.54, 1.807) is 0 Å². The van der Waals surface area contributed by atoms with Gasteiger partial charge in [0.05, 0.1) is 18.9 Å². The molecule has 3 aromatic rings. The van der Waals surface area contributed by atoms with Crippen molar-refractivity contribution in [3.63, 3.8) is 0 Å². The van der Waals surface area contributed by atoms with Gasteiger partial charge in [-0.05, 0) is 37.7 Å². The van der Waals surface area contributed by atoms with E-state index < -0.39 is 0 Å². The molecular formula is C26H35N5O. The van der Waals surface area contributed by atoms with Crippen LogP contribution in [0.1, 0.15) is 18.3 Å². The molecule has 170 valence electrons. The summed E-state index contributed by atoms with van der Waals surface area (Å²) in [5.41, 5.74) is 7.10. The minimum Gasteiger partial charge on any atom is -0.379 e. The molecule has 2 saturated heterocycles. The molecule has 2 aromatic heterocycles. The lowest BCUT2D eigenvalue weighted by Crippen LogP contribution is -2.46. The minimum atomic E-state index is 0.851. The van der Waals surface area contributed by atoms with E-state index in [2.05, 4.69) is 69.9 Å². The summed E-state index contributed by atoms with van der Waals surface area (Å²) in [5.74, 6) is 0. The minimum absolute atomic E-state index is 0.851. The quantitative estimate of drug-likeness (QED) is 0.644. The molecule has 5 rings (SSSR count). The zero-order valence-corrected chi connectivity index (χ0v) is 19.4. The first-order chi connectivity index (χ1) is 15.7. The number of nitrogens with one attached hydrogen (secondary N) is 1. The molecule has 0 unspecified atom stereocenters. The molecule has 0 atom stereocenters. The van der Waals surface area contributed by atoms with Crippen molar-refractivity contribution in [2.75, 3.05) is 70.5 Å². The molecule has 2 aliphatic heterocycles. The first kappa shape index (κ1) is 21.4. The van der Waals surface area contributed by atoms with Crippen LogP contribution in [0.25, 0.3) is 22.2 Å². The number of hydrogen-bond acceptors (Lipinski definition) is 5. The normalized spacial score (nSPS) is 18.5. The fraction of sp³-hybridized carbons (Fsp3) is 0.500. The Morgan fingerprint density at radius 3 is 2.41 bits per heavy atom. The molecule has 1 N–H and O–H groups in total. The van der Waals surface area contributed by atoms with E-state index >= 15 is 0 Å². The number of rotatable bonds is 6. The van der Waals surface area contributed by atoms with Gasteiger partial charge in [-0.15, -0.1) is 0 Å². The number of fused-ring (bicyclic) bond motifs is 1. The summed E-state index contributed by atoms with van der Waals surface area (Å²) in [5, 5.41) is 1.22. The molecule has 32 heavy (non-hydrogen) atoms. The van der Waals surface area contributed by atoms with Gasteiger partial charge < -0.3 is 19.5 Å². The Hall–Kier alpha value is -2.41. The second-order valence-electron chi connectivity index (χ2n) is 9.04. The Bertz CT molecular complexity index is 1030. The summed E-state index contributed by atoms with van der Waals surface area (Å²) in [6, 6.07) is 13.5. The van der Waals surface area contributed by atoms with Crippen LogP contribution < -0.4 is 4.90 Å². The molecule has 0 bridgehead atoms. The number of ether oxygens (including phenoxy) is 1. The van der Waals surface area contributed by atoms with E-state index in [1.165, 1.54) is 27.8 Å². The molecule has 0 radical (unpaired) electrons. The Morgan fingerprint density at radius 2 is 1.69 bits per heavy atom. The van der Waals surface area contributed by atoms with Crippen molar-refractivity contribution in [1.82, 2.24) is 19.8 Å². The third-order valence-corrected chi connectivity index (χ3v) is 6.93. The van der Waals surface area contributed by atoms with Crippen LogP contribution in [-0.4, -0.2) is 85.3 Å². The van der Waals surface area contributed by atoms with Gasteiger partial charge in [-0.3, -0.25) is 9.88 Å². The van der Waals surface area contributed by atoms with Crippen molar-refractivity contribution in [2.45, 2.75) is 20.3 Å². The van der Waals surface area contributed by atoms with Crippen molar-refractivity contribution in [2.24, 2.45) is 0 Å². The van der Waals surface area contributed by atoms with Crippen LogP contribution in [0.4, 0.5) is 5.69 Å². The Labute approximate surface area is 191 Å². The molecule has 0 aliphatic carbocycles.